The van der Waals surface area contributed by atoms with Crippen LogP contribution in [0.5, 0.6) is 5.75 Å². The third-order valence-corrected chi connectivity index (χ3v) is 4.14. The van der Waals surface area contributed by atoms with Gasteiger partial charge in [0.1, 0.15) is 5.75 Å². The van der Waals surface area contributed by atoms with Gasteiger partial charge in [-0.1, -0.05) is 24.3 Å². The summed E-state index contributed by atoms with van der Waals surface area (Å²) in [4.78, 5) is 37.4. The van der Waals surface area contributed by atoms with Crippen molar-refractivity contribution in [3.63, 3.8) is 0 Å². The molecule has 9 heteroatoms. The van der Waals surface area contributed by atoms with E-state index in [0.717, 1.165) is 25.0 Å². The molecule has 0 aliphatic heterocycles. The number of hydrogen-bond acceptors (Lipinski definition) is 6. The molecule has 156 valence electrons. The van der Waals surface area contributed by atoms with Crippen molar-refractivity contribution in [3.05, 3.63) is 86.6 Å². The number of allylic oxidation sites excluding steroid dienone is 2. The summed E-state index contributed by atoms with van der Waals surface area (Å²) in [5, 5.41) is 10.2. The second-order valence-corrected chi connectivity index (χ2v) is 6.27. The van der Waals surface area contributed by atoms with Crippen molar-refractivity contribution in [2.75, 3.05) is 13.7 Å². The number of nitrogens with zero attached hydrogens (tertiary/aromatic N) is 3. The maximum atomic E-state index is 12.5. The number of aromatic nitrogens is 3. The molecule has 1 heterocycles. The van der Waals surface area contributed by atoms with Gasteiger partial charge in [-0.15, -0.1) is 13.2 Å². The first-order valence-corrected chi connectivity index (χ1v) is 8.98. The molecule has 0 fully saturated rings. The van der Waals surface area contributed by atoms with Gasteiger partial charge < -0.3 is 14.6 Å². The van der Waals surface area contributed by atoms with E-state index < -0.39 is 23.2 Å². The van der Waals surface area contributed by atoms with Crippen LogP contribution in [0.15, 0.2) is 64.0 Å². The number of hydrogen-bond donors (Lipinski definition) is 1. The molecule has 2 aromatic rings. The Labute approximate surface area is 167 Å². The van der Waals surface area contributed by atoms with E-state index in [1.807, 2.05) is 12.1 Å². The van der Waals surface area contributed by atoms with E-state index in [9.17, 15) is 19.5 Å². The normalized spacial score (nSPS) is 11.8. The van der Waals surface area contributed by atoms with Crippen molar-refractivity contribution in [2.24, 2.45) is 0 Å². The maximum Gasteiger partial charge on any atom is 0.336 e. The lowest BCUT2D eigenvalue weighted by Gasteiger charge is -2.15. The van der Waals surface area contributed by atoms with Crippen molar-refractivity contribution >= 4 is 0 Å². The second-order valence-electron chi connectivity index (χ2n) is 6.27. The number of rotatable bonds is 11. The van der Waals surface area contributed by atoms with Crippen molar-refractivity contribution in [3.8, 4) is 5.75 Å². The van der Waals surface area contributed by atoms with Crippen LogP contribution in [0.2, 0.25) is 0 Å². The van der Waals surface area contributed by atoms with Crippen LogP contribution in [0.4, 0.5) is 0 Å². The number of ether oxygens (including phenoxy) is 2. The van der Waals surface area contributed by atoms with Gasteiger partial charge in [-0.25, -0.2) is 28.1 Å². The Morgan fingerprint density at radius 1 is 0.966 bits per heavy atom. The predicted octanol–water partition coefficient (Wildman–Crippen LogP) is 0.130. The van der Waals surface area contributed by atoms with E-state index in [2.05, 4.69) is 13.2 Å². The molecule has 1 aromatic heterocycles. The van der Waals surface area contributed by atoms with Crippen molar-refractivity contribution < 1.29 is 14.6 Å². The molecule has 0 bridgehead atoms. The topological polar surface area (TPSA) is 105 Å². The summed E-state index contributed by atoms with van der Waals surface area (Å²) in [6.07, 6.45) is 1.64. The molecule has 0 amide bonds. The molecule has 0 saturated heterocycles. The van der Waals surface area contributed by atoms with Crippen LogP contribution in [0, 0.1) is 0 Å². The first-order valence-electron chi connectivity index (χ1n) is 8.98. The summed E-state index contributed by atoms with van der Waals surface area (Å²) in [6.45, 7) is 6.75. The van der Waals surface area contributed by atoms with E-state index in [1.54, 1.807) is 19.2 Å². The van der Waals surface area contributed by atoms with Gasteiger partial charge in [0.25, 0.3) is 0 Å². The zero-order chi connectivity index (χ0) is 21.4. The highest BCUT2D eigenvalue weighted by Gasteiger charge is 2.17. The minimum absolute atomic E-state index is 0.0564. The Hall–Kier alpha value is -3.17. The molecule has 1 N–H and O–H groups in total. The molecular formula is C20H25N3O6. The maximum absolute atomic E-state index is 12.5. The molecule has 1 aromatic carbocycles. The fourth-order valence-corrected chi connectivity index (χ4v) is 2.71. The van der Waals surface area contributed by atoms with Crippen LogP contribution < -0.4 is 21.8 Å². The first kappa shape index (κ1) is 22.1. The van der Waals surface area contributed by atoms with Gasteiger partial charge in [-0.2, -0.15) is 0 Å². The van der Waals surface area contributed by atoms with Crippen LogP contribution in [0.25, 0.3) is 0 Å². The second kappa shape index (κ2) is 10.4. The summed E-state index contributed by atoms with van der Waals surface area (Å²) in [5.74, 6) is 0.721. The number of aliphatic hydroxyl groups is 1. The van der Waals surface area contributed by atoms with Crippen LogP contribution in [-0.2, 0) is 31.0 Å². The Bertz CT molecular complexity index is 968. The number of benzene rings is 1. The Morgan fingerprint density at radius 3 is 1.97 bits per heavy atom. The third-order valence-electron chi connectivity index (χ3n) is 4.14. The van der Waals surface area contributed by atoms with Gasteiger partial charge in [0, 0.05) is 0 Å². The standard InChI is InChI=1S/C20H25N3O6/c1-4-10-21-18(25)22(11-5-2)20(27)23(19(21)26)12-16(24)14-29-13-15-6-8-17(28-3)9-7-15/h4-9,16,24H,1-2,10-14H2,3H3. The summed E-state index contributed by atoms with van der Waals surface area (Å²) < 4.78 is 13.1. The molecule has 0 saturated carbocycles. The summed E-state index contributed by atoms with van der Waals surface area (Å²) >= 11 is 0. The minimum atomic E-state index is -1.12. The highest BCUT2D eigenvalue weighted by atomic mass is 16.5. The lowest BCUT2D eigenvalue weighted by Crippen LogP contribution is -2.55. The molecule has 29 heavy (non-hydrogen) atoms. The molecule has 1 unspecified atom stereocenters. The Balaban J connectivity index is 2.13. The van der Waals surface area contributed by atoms with Crippen molar-refractivity contribution in [1.82, 2.24) is 13.7 Å². The zero-order valence-electron chi connectivity index (χ0n) is 16.3. The monoisotopic (exact) mass is 403 g/mol. The van der Waals surface area contributed by atoms with E-state index >= 15 is 0 Å². The molecule has 2 rings (SSSR count). The largest absolute Gasteiger partial charge is 0.497 e. The quantitative estimate of drug-likeness (QED) is 0.535. The highest BCUT2D eigenvalue weighted by molar-refractivity contribution is 5.26. The Kier molecular flexibility index (Phi) is 7.93. The molecule has 0 spiro atoms. The van der Waals surface area contributed by atoms with Gasteiger partial charge in [-0.3, -0.25) is 0 Å². The SMILES string of the molecule is C=CCn1c(=O)n(CC=C)c(=O)n(CC(O)COCc2ccc(OC)cc2)c1=O. The third kappa shape index (κ3) is 5.43. The van der Waals surface area contributed by atoms with Gasteiger partial charge >= 0.3 is 17.1 Å². The lowest BCUT2D eigenvalue weighted by atomic mass is 10.2. The van der Waals surface area contributed by atoms with Crippen LogP contribution in [0.1, 0.15) is 5.56 Å². The van der Waals surface area contributed by atoms with E-state index in [0.29, 0.717) is 0 Å². The molecule has 0 aliphatic carbocycles. The van der Waals surface area contributed by atoms with Crippen molar-refractivity contribution in [2.45, 2.75) is 32.3 Å². The fourth-order valence-electron chi connectivity index (χ4n) is 2.71. The summed E-state index contributed by atoms with van der Waals surface area (Å²) in [7, 11) is 1.57. The first-order chi connectivity index (χ1) is 13.9. The van der Waals surface area contributed by atoms with Gasteiger partial charge in [-0.05, 0) is 17.7 Å². The Morgan fingerprint density at radius 2 is 1.48 bits per heavy atom. The summed E-state index contributed by atoms with van der Waals surface area (Å²) in [5.41, 5.74) is -1.49. The average molecular weight is 403 g/mol. The van der Waals surface area contributed by atoms with Gasteiger partial charge in [0.05, 0.1) is 46.1 Å². The molecule has 9 nitrogen and oxygen atoms in total. The molecule has 0 aliphatic rings. The molecule has 0 radical (unpaired) electrons. The minimum Gasteiger partial charge on any atom is -0.497 e. The van der Waals surface area contributed by atoms with E-state index in [-0.39, 0.29) is 32.8 Å². The fraction of sp³-hybridized carbons (Fsp3) is 0.350. The highest BCUT2D eigenvalue weighted by Crippen LogP contribution is 2.12. The molecule has 1 atom stereocenters. The van der Waals surface area contributed by atoms with Gasteiger partial charge in [0.15, 0.2) is 0 Å². The molecular weight excluding hydrogens is 378 g/mol. The van der Waals surface area contributed by atoms with Crippen LogP contribution in [0.3, 0.4) is 0 Å². The van der Waals surface area contributed by atoms with Crippen LogP contribution >= 0.6 is 0 Å². The summed E-state index contributed by atoms with van der Waals surface area (Å²) in [6, 6.07) is 7.24. The van der Waals surface area contributed by atoms with Gasteiger partial charge in [0.2, 0.25) is 0 Å². The van der Waals surface area contributed by atoms with Crippen molar-refractivity contribution in [1.29, 1.82) is 0 Å². The number of methoxy groups -OCH3 is 1. The smallest absolute Gasteiger partial charge is 0.336 e. The van der Waals surface area contributed by atoms with E-state index in [4.69, 9.17) is 9.47 Å². The van der Waals surface area contributed by atoms with E-state index in [1.165, 1.54) is 12.2 Å². The van der Waals surface area contributed by atoms with Crippen LogP contribution in [-0.4, -0.2) is 38.6 Å². The zero-order valence-corrected chi connectivity index (χ0v) is 16.3. The average Bonchev–Trinajstić information content (AvgIpc) is 2.72. The number of aliphatic hydroxyl groups excluding tert-OH is 1. The lowest BCUT2D eigenvalue weighted by molar-refractivity contribution is 0.0186. The predicted molar refractivity (Wildman–Crippen MR) is 108 cm³/mol.